The van der Waals surface area contributed by atoms with Crippen LogP contribution in [0, 0.1) is 0 Å². The fourth-order valence-electron chi connectivity index (χ4n) is 1.66. The van der Waals surface area contributed by atoms with Crippen molar-refractivity contribution in [2.24, 2.45) is 0 Å². The number of hydrogen-bond donors (Lipinski definition) is 2. The highest BCUT2D eigenvalue weighted by Gasteiger charge is 2.31. The maximum atomic E-state index is 11.7. The first-order valence-corrected chi connectivity index (χ1v) is 5.45. The van der Waals surface area contributed by atoms with E-state index in [1.54, 1.807) is 7.11 Å². The van der Waals surface area contributed by atoms with E-state index in [1.807, 2.05) is 0 Å². The van der Waals surface area contributed by atoms with Crippen molar-refractivity contribution in [2.75, 3.05) is 26.8 Å². The van der Waals surface area contributed by atoms with E-state index in [-0.39, 0.29) is 18.1 Å². The molecule has 1 aliphatic heterocycles. The van der Waals surface area contributed by atoms with Gasteiger partial charge in [-0.3, -0.25) is 4.79 Å². The van der Waals surface area contributed by atoms with Gasteiger partial charge in [0.15, 0.2) is 0 Å². The molecule has 0 unspecified atom stereocenters. The van der Waals surface area contributed by atoms with E-state index < -0.39 is 0 Å². The van der Waals surface area contributed by atoms with Crippen molar-refractivity contribution in [1.29, 1.82) is 0 Å². The summed E-state index contributed by atoms with van der Waals surface area (Å²) in [6, 6.07) is 0.393. The quantitative estimate of drug-likeness (QED) is 0.647. The van der Waals surface area contributed by atoms with Gasteiger partial charge in [-0.1, -0.05) is 0 Å². The molecule has 1 amide bonds. The second-order valence-corrected chi connectivity index (χ2v) is 4.14. The highest BCUT2D eigenvalue weighted by molar-refractivity contribution is 5.81. The molecule has 1 heterocycles. The Kier molecular flexibility index (Phi) is 3.56. The molecular formula is C10H18N2O3. The van der Waals surface area contributed by atoms with Crippen LogP contribution in [0.2, 0.25) is 0 Å². The van der Waals surface area contributed by atoms with Crippen LogP contribution in [-0.4, -0.2) is 51.0 Å². The van der Waals surface area contributed by atoms with Gasteiger partial charge in [0.25, 0.3) is 5.91 Å². The number of methoxy groups -OCH3 is 1. The van der Waals surface area contributed by atoms with Crippen molar-refractivity contribution in [1.82, 2.24) is 10.6 Å². The summed E-state index contributed by atoms with van der Waals surface area (Å²) in [6.45, 7) is 1.88. The second kappa shape index (κ2) is 4.92. The minimum atomic E-state index is -0.362. The van der Waals surface area contributed by atoms with Crippen LogP contribution in [0.25, 0.3) is 0 Å². The van der Waals surface area contributed by atoms with Crippen LogP contribution < -0.4 is 10.6 Å². The lowest BCUT2D eigenvalue weighted by Gasteiger charge is -2.29. The molecule has 2 rings (SSSR count). The van der Waals surface area contributed by atoms with E-state index in [1.165, 1.54) is 0 Å². The maximum Gasteiger partial charge on any atom is 0.250 e. The lowest BCUT2D eigenvalue weighted by atomic mass is 10.2. The molecule has 2 fully saturated rings. The zero-order chi connectivity index (χ0) is 10.7. The normalized spacial score (nSPS) is 31.3. The fourth-order valence-corrected chi connectivity index (χ4v) is 1.66. The van der Waals surface area contributed by atoms with Crippen LogP contribution in [0.4, 0.5) is 0 Å². The van der Waals surface area contributed by atoms with E-state index in [0.717, 1.165) is 19.4 Å². The summed E-state index contributed by atoms with van der Waals surface area (Å²) in [7, 11) is 1.64. The number of carbonyl (C=O) groups excluding carboxylic acids is 1. The molecule has 1 saturated heterocycles. The number of morpholine rings is 1. The van der Waals surface area contributed by atoms with Crippen molar-refractivity contribution < 1.29 is 14.3 Å². The van der Waals surface area contributed by atoms with Gasteiger partial charge in [0, 0.05) is 26.2 Å². The lowest BCUT2D eigenvalue weighted by molar-refractivity contribution is -0.142. The largest absolute Gasteiger partial charge is 0.382 e. The van der Waals surface area contributed by atoms with Crippen LogP contribution in [0.1, 0.15) is 12.8 Å². The number of hydrogen-bond acceptors (Lipinski definition) is 4. The molecule has 2 aliphatic rings. The predicted molar refractivity (Wildman–Crippen MR) is 54.6 cm³/mol. The molecule has 0 aromatic rings. The Morgan fingerprint density at radius 1 is 1.53 bits per heavy atom. The summed E-state index contributed by atoms with van der Waals surface area (Å²) in [4.78, 5) is 11.7. The van der Waals surface area contributed by atoms with Gasteiger partial charge in [-0.2, -0.15) is 0 Å². The third kappa shape index (κ3) is 3.15. The molecule has 0 aromatic heterocycles. The monoisotopic (exact) mass is 214 g/mol. The minimum Gasteiger partial charge on any atom is -0.382 e. The molecule has 0 aromatic carbocycles. The van der Waals surface area contributed by atoms with E-state index >= 15 is 0 Å². The molecule has 1 aliphatic carbocycles. The zero-order valence-corrected chi connectivity index (χ0v) is 8.99. The highest BCUT2D eigenvalue weighted by atomic mass is 16.5. The van der Waals surface area contributed by atoms with Gasteiger partial charge in [-0.05, 0) is 12.8 Å². The van der Waals surface area contributed by atoms with E-state index in [9.17, 15) is 4.79 Å². The molecule has 15 heavy (non-hydrogen) atoms. The Balaban J connectivity index is 1.77. The SMILES string of the molecule is COC[C@@H]1CNC[C@H](C(=O)NC2CC2)O1. The average Bonchev–Trinajstić information content (AvgIpc) is 3.03. The Hall–Kier alpha value is -0.650. The number of nitrogens with one attached hydrogen (secondary N) is 2. The molecule has 1 saturated carbocycles. The van der Waals surface area contributed by atoms with Gasteiger partial charge in [-0.15, -0.1) is 0 Å². The summed E-state index contributed by atoms with van der Waals surface area (Å²) in [6.07, 6.45) is 1.83. The first kappa shape index (κ1) is 10.9. The van der Waals surface area contributed by atoms with Crippen LogP contribution in [0.5, 0.6) is 0 Å². The average molecular weight is 214 g/mol. The molecule has 0 radical (unpaired) electrons. The van der Waals surface area contributed by atoms with E-state index in [2.05, 4.69) is 10.6 Å². The third-order valence-corrected chi connectivity index (χ3v) is 2.63. The molecule has 5 heteroatoms. The number of ether oxygens (including phenoxy) is 2. The topological polar surface area (TPSA) is 59.6 Å². The van der Waals surface area contributed by atoms with Gasteiger partial charge in [0.2, 0.25) is 0 Å². The third-order valence-electron chi connectivity index (χ3n) is 2.63. The molecule has 2 atom stereocenters. The van der Waals surface area contributed by atoms with Gasteiger partial charge >= 0.3 is 0 Å². The van der Waals surface area contributed by atoms with Crippen molar-refractivity contribution >= 4 is 5.91 Å². The summed E-state index contributed by atoms with van der Waals surface area (Å²) in [5.74, 6) is 0.00537. The van der Waals surface area contributed by atoms with Crippen LogP contribution >= 0.6 is 0 Å². The zero-order valence-electron chi connectivity index (χ0n) is 8.99. The van der Waals surface area contributed by atoms with Crippen molar-refractivity contribution in [2.45, 2.75) is 31.1 Å². The molecule has 0 bridgehead atoms. The van der Waals surface area contributed by atoms with Crippen molar-refractivity contribution in [3.8, 4) is 0 Å². The Morgan fingerprint density at radius 2 is 2.33 bits per heavy atom. The standard InChI is InChI=1S/C10H18N2O3/c1-14-6-8-4-11-5-9(15-8)10(13)12-7-2-3-7/h7-9,11H,2-6H2,1H3,(H,12,13)/t8-,9+/m0/s1. The lowest BCUT2D eigenvalue weighted by Crippen LogP contribution is -2.53. The molecule has 86 valence electrons. The van der Waals surface area contributed by atoms with Crippen molar-refractivity contribution in [3.63, 3.8) is 0 Å². The van der Waals surface area contributed by atoms with Crippen LogP contribution in [0.15, 0.2) is 0 Å². The first-order chi connectivity index (χ1) is 7.29. The highest BCUT2D eigenvalue weighted by Crippen LogP contribution is 2.19. The molecule has 0 spiro atoms. The van der Waals surface area contributed by atoms with Crippen LogP contribution in [0.3, 0.4) is 0 Å². The summed E-state index contributed by atoms with van der Waals surface area (Å²) >= 11 is 0. The molecule has 5 nitrogen and oxygen atoms in total. The summed E-state index contributed by atoms with van der Waals surface area (Å²) < 4.78 is 10.6. The smallest absolute Gasteiger partial charge is 0.250 e. The molecule has 2 N–H and O–H groups in total. The van der Waals surface area contributed by atoms with Gasteiger partial charge < -0.3 is 20.1 Å². The van der Waals surface area contributed by atoms with E-state index in [0.29, 0.717) is 19.2 Å². The number of rotatable bonds is 4. The minimum absolute atomic E-state index is 0.00537. The number of amides is 1. The molecular weight excluding hydrogens is 196 g/mol. The Bertz CT molecular complexity index is 229. The van der Waals surface area contributed by atoms with E-state index in [4.69, 9.17) is 9.47 Å². The Labute approximate surface area is 89.5 Å². The number of carbonyl (C=O) groups is 1. The van der Waals surface area contributed by atoms with Crippen LogP contribution in [-0.2, 0) is 14.3 Å². The maximum absolute atomic E-state index is 11.7. The summed E-state index contributed by atoms with van der Waals surface area (Å²) in [5, 5.41) is 6.12. The van der Waals surface area contributed by atoms with Gasteiger partial charge in [0.05, 0.1) is 12.7 Å². The second-order valence-electron chi connectivity index (χ2n) is 4.14. The van der Waals surface area contributed by atoms with Gasteiger partial charge in [-0.25, -0.2) is 0 Å². The summed E-state index contributed by atoms with van der Waals surface area (Å²) in [5.41, 5.74) is 0. The predicted octanol–water partition coefficient (Wildman–Crippen LogP) is -0.732. The first-order valence-electron chi connectivity index (χ1n) is 5.45. The Morgan fingerprint density at radius 3 is 3.00 bits per heavy atom. The van der Waals surface area contributed by atoms with Gasteiger partial charge in [0.1, 0.15) is 6.10 Å². The fraction of sp³-hybridized carbons (Fsp3) is 0.900. The van der Waals surface area contributed by atoms with Crippen molar-refractivity contribution in [3.05, 3.63) is 0 Å².